The predicted octanol–water partition coefficient (Wildman–Crippen LogP) is 4.27. The first-order valence-corrected chi connectivity index (χ1v) is 8.33. The summed E-state index contributed by atoms with van der Waals surface area (Å²) in [7, 11) is 0. The largest absolute Gasteiger partial charge is 0.492 e. The van der Waals surface area contributed by atoms with Gasteiger partial charge in [-0.1, -0.05) is 41.9 Å². The third-order valence-electron chi connectivity index (χ3n) is 4.23. The first-order chi connectivity index (χ1) is 11.2. The number of piperidine rings is 1. The quantitative estimate of drug-likeness (QED) is 0.838. The van der Waals surface area contributed by atoms with Crippen LogP contribution in [0, 0.1) is 5.92 Å². The molecule has 1 heterocycles. The molecule has 23 heavy (non-hydrogen) atoms. The third kappa shape index (κ3) is 4.05. The van der Waals surface area contributed by atoms with Crippen LogP contribution in [0.5, 0.6) is 5.75 Å². The molecule has 0 aliphatic carbocycles. The molecule has 0 bridgehead atoms. The molecule has 1 fully saturated rings. The molecule has 120 valence electrons. The van der Waals surface area contributed by atoms with Gasteiger partial charge in [0.2, 0.25) is 0 Å². The van der Waals surface area contributed by atoms with E-state index in [2.05, 4.69) is 0 Å². The molecule has 2 aromatic rings. The van der Waals surface area contributed by atoms with Crippen LogP contribution in [-0.4, -0.2) is 30.5 Å². The van der Waals surface area contributed by atoms with E-state index in [4.69, 9.17) is 16.3 Å². The maximum absolute atomic E-state index is 12.4. The Morgan fingerprint density at radius 3 is 2.39 bits per heavy atom. The number of benzene rings is 2. The summed E-state index contributed by atoms with van der Waals surface area (Å²) in [6.45, 7) is 2.21. The molecular formula is C19H20ClNO2. The molecular weight excluding hydrogens is 310 g/mol. The van der Waals surface area contributed by atoms with Crippen molar-refractivity contribution >= 4 is 17.5 Å². The van der Waals surface area contributed by atoms with Crippen LogP contribution in [-0.2, 0) is 0 Å². The summed E-state index contributed by atoms with van der Waals surface area (Å²) < 4.78 is 5.82. The first kappa shape index (κ1) is 15.9. The molecule has 0 saturated carbocycles. The van der Waals surface area contributed by atoms with E-state index in [-0.39, 0.29) is 5.91 Å². The molecule has 4 heteroatoms. The molecule has 1 aliphatic rings. The smallest absolute Gasteiger partial charge is 0.253 e. The summed E-state index contributed by atoms with van der Waals surface area (Å²) in [4.78, 5) is 14.3. The number of carbonyl (C=O) groups excluding carboxylic acids is 1. The summed E-state index contributed by atoms with van der Waals surface area (Å²) in [6, 6.07) is 17.0. The van der Waals surface area contributed by atoms with Crippen molar-refractivity contribution in [2.75, 3.05) is 19.7 Å². The Morgan fingerprint density at radius 1 is 1.04 bits per heavy atom. The maximum Gasteiger partial charge on any atom is 0.253 e. The molecule has 2 aromatic carbocycles. The Balaban J connectivity index is 1.49. The molecule has 1 saturated heterocycles. The van der Waals surface area contributed by atoms with Crippen molar-refractivity contribution in [1.29, 1.82) is 0 Å². The normalized spacial score (nSPS) is 15.4. The van der Waals surface area contributed by atoms with Crippen LogP contribution in [0.2, 0.25) is 5.02 Å². The van der Waals surface area contributed by atoms with Crippen molar-refractivity contribution in [2.45, 2.75) is 12.8 Å². The summed E-state index contributed by atoms with van der Waals surface area (Å²) in [5, 5.41) is 0.643. The van der Waals surface area contributed by atoms with Gasteiger partial charge in [-0.25, -0.2) is 0 Å². The van der Waals surface area contributed by atoms with Gasteiger partial charge >= 0.3 is 0 Å². The molecule has 3 rings (SSSR count). The lowest BCUT2D eigenvalue weighted by Gasteiger charge is -2.32. The maximum atomic E-state index is 12.4. The number of amides is 1. The van der Waals surface area contributed by atoms with E-state index in [1.165, 1.54) is 0 Å². The van der Waals surface area contributed by atoms with Gasteiger partial charge in [0.15, 0.2) is 0 Å². The Morgan fingerprint density at radius 2 is 1.70 bits per heavy atom. The first-order valence-electron chi connectivity index (χ1n) is 7.95. The topological polar surface area (TPSA) is 29.5 Å². The van der Waals surface area contributed by atoms with Gasteiger partial charge in [-0.15, -0.1) is 0 Å². The van der Waals surface area contributed by atoms with E-state index in [1.807, 2.05) is 59.5 Å². The van der Waals surface area contributed by atoms with Crippen molar-refractivity contribution in [3.63, 3.8) is 0 Å². The lowest BCUT2D eigenvalue weighted by molar-refractivity contribution is 0.0661. The molecule has 3 nitrogen and oxygen atoms in total. The number of halogens is 1. The van der Waals surface area contributed by atoms with Crippen LogP contribution in [0.1, 0.15) is 23.2 Å². The van der Waals surface area contributed by atoms with Crippen LogP contribution in [0.4, 0.5) is 0 Å². The van der Waals surface area contributed by atoms with Crippen LogP contribution < -0.4 is 4.74 Å². The van der Waals surface area contributed by atoms with Gasteiger partial charge in [0.1, 0.15) is 5.75 Å². The average molecular weight is 330 g/mol. The standard InChI is InChI=1S/C19H20ClNO2/c20-17-8-4-5-9-18(17)23-14-15-10-12-21(13-11-15)19(22)16-6-2-1-3-7-16/h1-9,15H,10-14H2. The Hall–Kier alpha value is -2.00. The van der Waals surface area contributed by atoms with E-state index in [9.17, 15) is 4.79 Å². The number of hydrogen-bond donors (Lipinski definition) is 0. The van der Waals surface area contributed by atoms with Crippen LogP contribution in [0.3, 0.4) is 0 Å². The predicted molar refractivity (Wildman–Crippen MR) is 92.0 cm³/mol. The molecule has 0 aromatic heterocycles. The SMILES string of the molecule is O=C(c1ccccc1)N1CCC(COc2ccccc2Cl)CC1. The van der Waals surface area contributed by atoms with Crippen LogP contribution >= 0.6 is 11.6 Å². The number of nitrogens with zero attached hydrogens (tertiary/aromatic N) is 1. The number of rotatable bonds is 4. The van der Waals surface area contributed by atoms with Crippen LogP contribution in [0.15, 0.2) is 54.6 Å². The van der Waals surface area contributed by atoms with Gasteiger partial charge in [0.05, 0.1) is 11.6 Å². The second kappa shape index (κ2) is 7.51. The summed E-state index contributed by atoms with van der Waals surface area (Å²) in [6.07, 6.45) is 1.92. The van der Waals surface area contributed by atoms with Gasteiger partial charge in [-0.2, -0.15) is 0 Å². The van der Waals surface area contributed by atoms with Gasteiger partial charge in [-0.05, 0) is 43.0 Å². The second-order valence-corrected chi connectivity index (χ2v) is 6.25. The molecule has 0 atom stereocenters. The second-order valence-electron chi connectivity index (χ2n) is 5.84. The highest BCUT2D eigenvalue weighted by atomic mass is 35.5. The molecule has 0 spiro atoms. The van der Waals surface area contributed by atoms with Crippen molar-refractivity contribution in [3.8, 4) is 5.75 Å². The zero-order valence-corrected chi connectivity index (χ0v) is 13.7. The number of likely N-dealkylation sites (tertiary alicyclic amines) is 1. The van der Waals surface area contributed by atoms with E-state index in [0.717, 1.165) is 37.2 Å². The van der Waals surface area contributed by atoms with Crippen molar-refractivity contribution in [1.82, 2.24) is 4.90 Å². The lowest BCUT2D eigenvalue weighted by Crippen LogP contribution is -2.39. The van der Waals surface area contributed by atoms with E-state index < -0.39 is 0 Å². The average Bonchev–Trinajstić information content (AvgIpc) is 2.62. The third-order valence-corrected chi connectivity index (χ3v) is 4.55. The highest BCUT2D eigenvalue weighted by molar-refractivity contribution is 6.32. The summed E-state index contributed by atoms with van der Waals surface area (Å²) >= 11 is 6.10. The Kier molecular flexibility index (Phi) is 5.19. The fourth-order valence-corrected chi connectivity index (χ4v) is 3.03. The van der Waals surface area contributed by atoms with Gasteiger partial charge in [0.25, 0.3) is 5.91 Å². The molecule has 1 amide bonds. The number of para-hydroxylation sites is 1. The molecule has 1 aliphatic heterocycles. The highest BCUT2D eigenvalue weighted by Gasteiger charge is 2.24. The van der Waals surface area contributed by atoms with E-state index in [1.54, 1.807) is 0 Å². The number of ether oxygens (including phenoxy) is 1. The van der Waals surface area contributed by atoms with E-state index in [0.29, 0.717) is 17.5 Å². The number of hydrogen-bond acceptors (Lipinski definition) is 2. The van der Waals surface area contributed by atoms with E-state index >= 15 is 0 Å². The van der Waals surface area contributed by atoms with Gasteiger partial charge in [0, 0.05) is 18.7 Å². The molecule has 0 unspecified atom stereocenters. The number of carbonyl (C=O) groups is 1. The minimum Gasteiger partial charge on any atom is -0.492 e. The van der Waals surface area contributed by atoms with Crippen molar-refractivity contribution in [3.05, 3.63) is 65.2 Å². The monoisotopic (exact) mass is 329 g/mol. The van der Waals surface area contributed by atoms with Gasteiger partial charge in [-0.3, -0.25) is 4.79 Å². The van der Waals surface area contributed by atoms with Crippen molar-refractivity contribution < 1.29 is 9.53 Å². The summed E-state index contributed by atoms with van der Waals surface area (Å²) in [5.74, 6) is 1.32. The zero-order chi connectivity index (χ0) is 16.1. The fraction of sp³-hybridized carbons (Fsp3) is 0.316. The lowest BCUT2D eigenvalue weighted by atomic mass is 9.97. The van der Waals surface area contributed by atoms with Crippen molar-refractivity contribution in [2.24, 2.45) is 5.92 Å². The minimum atomic E-state index is 0.121. The zero-order valence-electron chi connectivity index (χ0n) is 13.0. The Bertz CT molecular complexity index is 651. The summed E-state index contributed by atoms with van der Waals surface area (Å²) in [5.41, 5.74) is 0.762. The molecule has 0 radical (unpaired) electrons. The Labute approximate surface area is 141 Å². The minimum absolute atomic E-state index is 0.121. The van der Waals surface area contributed by atoms with Gasteiger partial charge < -0.3 is 9.64 Å². The molecule has 0 N–H and O–H groups in total. The fourth-order valence-electron chi connectivity index (χ4n) is 2.84. The highest BCUT2D eigenvalue weighted by Crippen LogP contribution is 2.25. The van der Waals surface area contributed by atoms with Crippen LogP contribution in [0.25, 0.3) is 0 Å².